The Morgan fingerprint density at radius 2 is 1.86 bits per heavy atom. The Labute approximate surface area is 119 Å². The highest BCUT2D eigenvalue weighted by atomic mass is 32.2. The molecule has 116 valence electrons. The van der Waals surface area contributed by atoms with Gasteiger partial charge in [-0.25, -0.2) is 13.2 Å². The van der Waals surface area contributed by atoms with E-state index in [9.17, 15) is 26.5 Å². The lowest BCUT2D eigenvalue weighted by Crippen LogP contribution is -2.34. The lowest BCUT2D eigenvalue weighted by Gasteiger charge is -2.19. The van der Waals surface area contributed by atoms with Crippen LogP contribution in [0.1, 0.15) is 0 Å². The molecule has 0 saturated heterocycles. The Morgan fingerprint density at radius 3 is 2.38 bits per heavy atom. The van der Waals surface area contributed by atoms with Crippen molar-refractivity contribution in [3.05, 3.63) is 42.5 Å². The molecule has 1 rings (SSSR count). The molecule has 0 heterocycles. The largest absolute Gasteiger partial charge is 0.743 e. The molecule has 0 atom stereocenters. The Hall–Kier alpha value is -1.84. The molecule has 0 aromatic heterocycles. The molecule has 0 radical (unpaired) electrons. The molecule has 0 aliphatic rings. The summed E-state index contributed by atoms with van der Waals surface area (Å²) in [5.74, 6) is -0.703. The second kappa shape index (κ2) is 6.74. The van der Waals surface area contributed by atoms with Gasteiger partial charge in [0, 0.05) is 0 Å². The van der Waals surface area contributed by atoms with Crippen LogP contribution in [0.25, 0.3) is 0 Å². The summed E-state index contributed by atoms with van der Waals surface area (Å²) < 4.78 is 65.3. The zero-order valence-electron chi connectivity index (χ0n) is 10.6. The standard InChI is InChI=1S/C12H12F2O6S/c1-9(7-19-8-12(13,14)21(16,17)18)11(15)20-10-5-3-2-4-6-10/h2-6H,1,7-8H2,(H,16,17,18)/p-1. The van der Waals surface area contributed by atoms with Gasteiger partial charge in [-0.1, -0.05) is 24.8 Å². The van der Waals surface area contributed by atoms with Crippen molar-refractivity contribution in [1.29, 1.82) is 0 Å². The first-order valence-corrected chi connectivity index (χ1v) is 6.90. The van der Waals surface area contributed by atoms with Gasteiger partial charge in [0.2, 0.25) is 0 Å². The van der Waals surface area contributed by atoms with Crippen molar-refractivity contribution in [2.75, 3.05) is 13.2 Å². The normalized spacial score (nSPS) is 12.0. The fourth-order valence-electron chi connectivity index (χ4n) is 1.09. The quantitative estimate of drug-likeness (QED) is 0.325. The number of halogens is 2. The summed E-state index contributed by atoms with van der Waals surface area (Å²) in [6.07, 6.45) is 0. The number of carbonyl (C=O) groups is 1. The Morgan fingerprint density at radius 1 is 1.29 bits per heavy atom. The molecule has 1 aromatic carbocycles. The van der Waals surface area contributed by atoms with Crippen molar-refractivity contribution >= 4 is 16.1 Å². The summed E-state index contributed by atoms with van der Waals surface area (Å²) in [5.41, 5.74) is -0.307. The highest BCUT2D eigenvalue weighted by molar-refractivity contribution is 7.86. The van der Waals surface area contributed by atoms with Crippen LogP contribution in [-0.4, -0.2) is 37.4 Å². The van der Waals surface area contributed by atoms with E-state index in [1.54, 1.807) is 18.2 Å². The van der Waals surface area contributed by atoms with Gasteiger partial charge in [0.05, 0.1) is 12.2 Å². The second-order valence-electron chi connectivity index (χ2n) is 3.89. The number of para-hydroxylation sites is 1. The maximum Gasteiger partial charge on any atom is 0.357 e. The minimum absolute atomic E-state index is 0.219. The average molecular weight is 321 g/mol. The zero-order valence-corrected chi connectivity index (χ0v) is 11.4. The average Bonchev–Trinajstić information content (AvgIpc) is 2.38. The maximum atomic E-state index is 12.8. The summed E-state index contributed by atoms with van der Waals surface area (Å²) >= 11 is 0. The van der Waals surface area contributed by atoms with E-state index < -0.39 is 34.6 Å². The molecule has 0 N–H and O–H groups in total. The van der Waals surface area contributed by atoms with Crippen molar-refractivity contribution in [3.8, 4) is 5.75 Å². The van der Waals surface area contributed by atoms with Gasteiger partial charge in [0.25, 0.3) is 0 Å². The lowest BCUT2D eigenvalue weighted by atomic mass is 10.3. The molecular weight excluding hydrogens is 310 g/mol. The van der Waals surface area contributed by atoms with Crippen LogP contribution in [-0.2, 0) is 19.6 Å². The van der Waals surface area contributed by atoms with Crippen LogP contribution in [0.4, 0.5) is 8.78 Å². The van der Waals surface area contributed by atoms with Crippen molar-refractivity contribution in [2.45, 2.75) is 5.25 Å². The van der Waals surface area contributed by atoms with Gasteiger partial charge in [0.15, 0.2) is 10.1 Å². The van der Waals surface area contributed by atoms with Crippen molar-refractivity contribution in [2.24, 2.45) is 0 Å². The summed E-state index contributed by atoms with van der Waals surface area (Å²) in [5, 5.41) is -4.57. The molecule has 0 spiro atoms. The van der Waals surface area contributed by atoms with E-state index in [0.29, 0.717) is 0 Å². The fourth-order valence-corrected chi connectivity index (χ4v) is 1.32. The smallest absolute Gasteiger partial charge is 0.357 e. The maximum absolute atomic E-state index is 12.8. The van der Waals surface area contributed by atoms with E-state index in [1.807, 2.05) is 0 Å². The molecule has 0 aliphatic heterocycles. The fraction of sp³-hybridized carbons (Fsp3) is 0.250. The van der Waals surface area contributed by atoms with Crippen molar-refractivity contribution in [1.82, 2.24) is 0 Å². The SMILES string of the molecule is C=C(COCC(F)(F)S(=O)(=O)[O-])C(=O)Oc1ccccc1. The molecular formula is C12H11F2O6S-. The Bertz CT molecular complexity index is 612. The number of carbonyl (C=O) groups excluding carboxylic acids is 1. The van der Waals surface area contributed by atoms with E-state index >= 15 is 0 Å². The van der Waals surface area contributed by atoms with Crippen molar-refractivity contribution in [3.63, 3.8) is 0 Å². The van der Waals surface area contributed by atoms with Crippen LogP contribution in [0.2, 0.25) is 0 Å². The molecule has 0 saturated carbocycles. The van der Waals surface area contributed by atoms with E-state index in [-0.39, 0.29) is 11.3 Å². The van der Waals surface area contributed by atoms with Crippen molar-refractivity contribution < 1.29 is 36.0 Å². The lowest BCUT2D eigenvalue weighted by molar-refractivity contribution is -0.131. The number of hydrogen-bond acceptors (Lipinski definition) is 6. The van der Waals surface area contributed by atoms with Gasteiger partial charge in [0.1, 0.15) is 12.4 Å². The second-order valence-corrected chi connectivity index (χ2v) is 5.40. The van der Waals surface area contributed by atoms with Crippen LogP contribution in [0.5, 0.6) is 5.75 Å². The Balaban J connectivity index is 2.46. The zero-order chi connectivity index (χ0) is 16.1. The first kappa shape index (κ1) is 17.2. The van der Waals surface area contributed by atoms with Crippen LogP contribution in [0.15, 0.2) is 42.5 Å². The highest BCUT2D eigenvalue weighted by Crippen LogP contribution is 2.20. The topological polar surface area (TPSA) is 92.7 Å². The summed E-state index contributed by atoms with van der Waals surface area (Å²) in [4.78, 5) is 11.5. The van der Waals surface area contributed by atoms with Gasteiger partial charge in [-0.15, -0.1) is 0 Å². The van der Waals surface area contributed by atoms with Gasteiger partial charge in [-0.3, -0.25) is 0 Å². The van der Waals surface area contributed by atoms with Crippen LogP contribution in [0.3, 0.4) is 0 Å². The molecule has 1 aromatic rings. The molecule has 0 fully saturated rings. The molecule has 9 heteroatoms. The van der Waals surface area contributed by atoms with E-state index in [4.69, 9.17) is 4.74 Å². The van der Waals surface area contributed by atoms with E-state index in [0.717, 1.165) is 0 Å². The molecule has 6 nitrogen and oxygen atoms in total. The van der Waals surface area contributed by atoms with Crippen LogP contribution < -0.4 is 4.74 Å². The van der Waals surface area contributed by atoms with Gasteiger partial charge in [-0.05, 0) is 12.1 Å². The van der Waals surface area contributed by atoms with Gasteiger partial charge in [-0.2, -0.15) is 8.78 Å². The first-order valence-electron chi connectivity index (χ1n) is 5.49. The van der Waals surface area contributed by atoms with Crippen LogP contribution in [0, 0.1) is 0 Å². The molecule has 0 amide bonds. The minimum atomic E-state index is -5.82. The minimum Gasteiger partial charge on any atom is -0.743 e. The third-order valence-corrected chi connectivity index (χ3v) is 3.00. The van der Waals surface area contributed by atoms with E-state index in [2.05, 4.69) is 11.3 Å². The highest BCUT2D eigenvalue weighted by Gasteiger charge is 2.38. The van der Waals surface area contributed by atoms with Gasteiger partial charge >= 0.3 is 11.2 Å². The summed E-state index contributed by atoms with van der Waals surface area (Å²) in [7, 11) is -5.82. The number of alkyl halides is 2. The molecule has 21 heavy (non-hydrogen) atoms. The summed E-state index contributed by atoms with van der Waals surface area (Å²) in [6, 6.07) is 7.90. The number of ether oxygens (including phenoxy) is 2. The first-order chi connectivity index (χ1) is 9.63. The monoisotopic (exact) mass is 321 g/mol. The predicted octanol–water partition coefficient (Wildman–Crippen LogP) is 1.30. The number of esters is 1. The predicted molar refractivity (Wildman–Crippen MR) is 66.7 cm³/mol. The van der Waals surface area contributed by atoms with Crippen LogP contribution >= 0.6 is 0 Å². The summed E-state index contributed by atoms with van der Waals surface area (Å²) in [6.45, 7) is 0.893. The van der Waals surface area contributed by atoms with Gasteiger partial charge < -0.3 is 14.0 Å². The molecule has 0 unspecified atom stereocenters. The molecule has 0 aliphatic carbocycles. The number of benzene rings is 1. The third kappa shape index (κ3) is 5.21. The number of hydrogen-bond donors (Lipinski definition) is 0. The third-order valence-electron chi connectivity index (χ3n) is 2.15. The molecule has 0 bridgehead atoms. The van der Waals surface area contributed by atoms with E-state index in [1.165, 1.54) is 12.1 Å². The number of rotatable bonds is 7. The Kier molecular flexibility index (Phi) is 5.53.